The lowest BCUT2D eigenvalue weighted by Crippen LogP contribution is -2.71. The maximum absolute atomic E-state index is 7.01. The van der Waals surface area contributed by atoms with Gasteiger partial charge in [0.2, 0.25) is 11.6 Å². The molecule has 10 fully saturated rings. The second kappa shape index (κ2) is 10.6. The van der Waals surface area contributed by atoms with Crippen molar-refractivity contribution in [3.05, 3.63) is 0 Å². The van der Waals surface area contributed by atoms with Crippen molar-refractivity contribution in [3.63, 3.8) is 0 Å². The van der Waals surface area contributed by atoms with Gasteiger partial charge in [0.05, 0.1) is 11.8 Å². The number of fused-ring (bicyclic) bond motifs is 4. The van der Waals surface area contributed by atoms with Gasteiger partial charge >= 0.3 is 0 Å². The Morgan fingerprint density at radius 2 is 1.23 bits per heavy atom. The third kappa shape index (κ3) is 4.24. The molecule has 10 nitrogen and oxygen atoms in total. The predicted octanol–water partition coefficient (Wildman–Crippen LogP) is 6.27. The highest BCUT2D eigenvalue weighted by Crippen LogP contribution is 2.63. The van der Waals surface area contributed by atoms with Crippen LogP contribution in [0.15, 0.2) is 5.16 Å². The molecule has 2 aliphatic carbocycles. The van der Waals surface area contributed by atoms with Gasteiger partial charge in [0.25, 0.3) is 0 Å². The summed E-state index contributed by atoms with van der Waals surface area (Å²) in [5.41, 5.74) is -0.333. The molecule has 0 radical (unpaired) electrons. The van der Waals surface area contributed by atoms with Gasteiger partial charge in [-0.1, -0.05) is 32.9 Å². The average molecular weight is 620 g/mol. The number of nitrogens with zero attached hydrogens (tertiary/aromatic N) is 1. The number of oxime groups is 1. The molecule has 44 heavy (non-hydrogen) atoms. The molecule has 2 spiro atoms. The molecule has 8 saturated heterocycles. The number of hydrogen-bond acceptors (Lipinski definition) is 10. The molecule has 0 aromatic rings. The van der Waals surface area contributed by atoms with E-state index < -0.39 is 35.4 Å². The minimum absolute atomic E-state index is 0.126. The Morgan fingerprint density at radius 1 is 0.682 bits per heavy atom. The Bertz CT molecular complexity index is 1150. The van der Waals surface area contributed by atoms with Gasteiger partial charge in [-0.3, -0.25) is 0 Å². The highest BCUT2D eigenvalue weighted by atomic mass is 17.3. The summed E-state index contributed by atoms with van der Waals surface area (Å²) in [6.07, 6.45) is 7.17. The van der Waals surface area contributed by atoms with E-state index in [0.29, 0.717) is 36.7 Å². The zero-order valence-electron chi connectivity index (χ0n) is 27.6. The summed E-state index contributed by atoms with van der Waals surface area (Å²) in [4.78, 5) is 30.7. The Labute approximate surface area is 261 Å². The van der Waals surface area contributed by atoms with Crippen LogP contribution in [0.1, 0.15) is 106 Å². The van der Waals surface area contributed by atoms with Crippen molar-refractivity contribution in [1.82, 2.24) is 0 Å². The summed E-state index contributed by atoms with van der Waals surface area (Å²) in [6.45, 7) is 15.7. The van der Waals surface area contributed by atoms with Gasteiger partial charge < -0.3 is 23.8 Å². The second-order valence-electron chi connectivity index (χ2n) is 16.0. The summed E-state index contributed by atoms with van der Waals surface area (Å²) < 4.78 is 27.3. The highest BCUT2D eigenvalue weighted by molar-refractivity contribution is 5.89. The first-order valence-corrected chi connectivity index (χ1v) is 17.6. The zero-order chi connectivity index (χ0) is 30.6. The lowest BCUT2D eigenvalue weighted by molar-refractivity contribution is -0.571. The molecule has 10 heteroatoms. The minimum atomic E-state index is -0.821. The molecule has 10 rings (SSSR count). The molecule has 0 aromatic carbocycles. The third-order valence-corrected chi connectivity index (χ3v) is 13.5. The topological polar surface area (TPSA) is 95.4 Å². The van der Waals surface area contributed by atoms with E-state index in [4.69, 9.17) is 48.5 Å². The van der Waals surface area contributed by atoms with E-state index in [1.807, 2.05) is 20.8 Å². The van der Waals surface area contributed by atoms with Crippen molar-refractivity contribution < 1.29 is 43.3 Å². The van der Waals surface area contributed by atoms with Crippen molar-refractivity contribution in [2.45, 2.75) is 154 Å². The van der Waals surface area contributed by atoms with Crippen LogP contribution in [0.3, 0.4) is 0 Å². The summed E-state index contributed by atoms with van der Waals surface area (Å²) in [5, 5.41) is 4.77. The SMILES string of the molecule is CCO/N=C(/C[C@H]1O[C@@H]2O[C@@]3(C)CC[C@H]4[C@H](C)CC[C@@H]([C@H]1C)[C@@]24OO3)[C@H]1O[C@@H]2O[C@@]3(C)CC[C@H]4[C@H](C)CC[C@@H]([C@H]1C)[C@@]24OO3. The average Bonchev–Trinajstić information content (AvgIpc) is 3.37. The third-order valence-electron chi connectivity index (χ3n) is 13.5. The lowest BCUT2D eigenvalue weighted by atomic mass is 9.56. The van der Waals surface area contributed by atoms with Gasteiger partial charge in [0.15, 0.2) is 23.8 Å². The first-order valence-electron chi connectivity index (χ1n) is 17.6. The molecule has 0 unspecified atom stereocenters. The van der Waals surface area contributed by atoms with Crippen molar-refractivity contribution >= 4 is 5.71 Å². The highest BCUT2D eigenvalue weighted by Gasteiger charge is 2.71. The fourth-order valence-corrected chi connectivity index (χ4v) is 11.1. The molecule has 2 saturated carbocycles. The maximum atomic E-state index is 7.01. The molecule has 248 valence electrons. The van der Waals surface area contributed by atoms with Crippen molar-refractivity contribution in [2.24, 2.45) is 52.5 Å². The number of rotatable bonds is 5. The van der Waals surface area contributed by atoms with Gasteiger partial charge in [-0.25, -0.2) is 19.6 Å². The van der Waals surface area contributed by atoms with Crippen LogP contribution in [0.2, 0.25) is 0 Å². The van der Waals surface area contributed by atoms with Crippen LogP contribution in [-0.2, 0) is 43.3 Å². The molecule has 0 aromatic heterocycles. The van der Waals surface area contributed by atoms with Gasteiger partial charge in [-0.2, -0.15) is 0 Å². The zero-order valence-corrected chi connectivity index (χ0v) is 27.6. The predicted molar refractivity (Wildman–Crippen MR) is 157 cm³/mol. The molecule has 8 aliphatic heterocycles. The van der Waals surface area contributed by atoms with Crippen LogP contribution in [0.25, 0.3) is 0 Å². The lowest BCUT2D eigenvalue weighted by Gasteiger charge is -2.61. The van der Waals surface area contributed by atoms with E-state index in [2.05, 4.69) is 27.7 Å². The molecule has 10 aliphatic rings. The Hall–Kier alpha value is -0.850. The summed E-state index contributed by atoms with van der Waals surface area (Å²) >= 11 is 0. The minimum Gasteiger partial charge on any atom is -0.396 e. The van der Waals surface area contributed by atoms with E-state index in [9.17, 15) is 0 Å². The monoisotopic (exact) mass is 619 g/mol. The molecule has 8 heterocycles. The summed E-state index contributed by atoms with van der Waals surface area (Å²) in [5.74, 6) is 0.858. The number of hydrogen-bond donors (Lipinski definition) is 0. The molecular formula is C34H53NO9. The van der Waals surface area contributed by atoms with E-state index >= 15 is 0 Å². The second-order valence-corrected chi connectivity index (χ2v) is 16.0. The fourth-order valence-electron chi connectivity index (χ4n) is 11.1. The van der Waals surface area contributed by atoms with Crippen molar-refractivity contribution in [2.75, 3.05) is 6.61 Å². The van der Waals surface area contributed by atoms with Crippen LogP contribution in [0.4, 0.5) is 0 Å². The van der Waals surface area contributed by atoms with Crippen LogP contribution < -0.4 is 0 Å². The van der Waals surface area contributed by atoms with Gasteiger partial charge in [0, 0.05) is 31.1 Å². The fraction of sp³-hybridized carbons (Fsp3) is 0.971. The Morgan fingerprint density at radius 3 is 1.80 bits per heavy atom. The van der Waals surface area contributed by atoms with E-state index in [1.165, 1.54) is 6.42 Å². The van der Waals surface area contributed by atoms with E-state index in [-0.39, 0.29) is 35.9 Å². The molecule has 0 N–H and O–H groups in total. The maximum Gasteiger partial charge on any atom is 0.201 e. The smallest absolute Gasteiger partial charge is 0.201 e. The summed E-state index contributed by atoms with van der Waals surface area (Å²) in [6, 6.07) is 0. The van der Waals surface area contributed by atoms with Gasteiger partial charge in [0.1, 0.15) is 12.7 Å². The Balaban J connectivity index is 1.11. The Kier molecular flexibility index (Phi) is 7.33. The largest absolute Gasteiger partial charge is 0.396 e. The molecule has 4 bridgehead atoms. The quantitative estimate of drug-likeness (QED) is 0.200. The molecule has 16 atom stereocenters. The van der Waals surface area contributed by atoms with Crippen LogP contribution in [0, 0.1) is 47.3 Å². The molecule has 0 amide bonds. The van der Waals surface area contributed by atoms with Gasteiger partial charge in [-0.15, -0.1) is 0 Å². The number of ether oxygens (including phenoxy) is 4. The van der Waals surface area contributed by atoms with E-state index in [0.717, 1.165) is 50.7 Å². The normalized spacial score (nSPS) is 58.0. The van der Waals surface area contributed by atoms with E-state index in [1.54, 1.807) is 0 Å². The van der Waals surface area contributed by atoms with Crippen LogP contribution >= 0.6 is 0 Å². The van der Waals surface area contributed by atoms with Gasteiger partial charge in [-0.05, 0) is 94.8 Å². The first kappa shape index (κ1) is 30.5. The first-order chi connectivity index (χ1) is 21.0. The standard InChI is InChI=1S/C34H53NO9/c1-8-36-35-26(28-21(5)25-12-10-19(3)23-14-16-32(7)40-30(38-28)34(23,25)44-42-32)17-27-20(4)24-11-9-18(2)22-13-15-31(6)39-29(37-27)33(22,24)43-41-31/h18-25,27-30H,8-17H2,1-7H3/b35-26-/t18-,19-,20-,21-,22+,23+,24+,25+,27-,28+,29-,30-,31-,32-,33-,34-/m1/s1. The summed E-state index contributed by atoms with van der Waals surface area (Å²) in [7, 11) is 0. The van der Waals surface area contributed by atoms with Crippen LogP contribution in [0.5, 0.6) is 0 Å². The van der Waals surface area contributed by atoms with Crippen molar-refractivity contribution in [1.29, 1.82) is 0 Å². The van der Waals surface area contributed by atoms with Crippen molar-refractivity contribution in [3.8, 4) is 0 Å². The molecular weight excluding hydrogens is 566 g/mol. The van der Waals surface area contributed by atoms with Crippen LogP contribution in [-0.4, -0.2) is 59.9 Å².